The van der Waals surface area contributed by atoms with Crippen LogP contribution in [0.15, 0.2) is 25.3 Å². The highest BCUT2D eigenvalue weighted by atomic mass is 32.1. The molecule has 0 atom stereocenters. The maximum Gasteiger partial charge on any atom is 0.341 e. The van der Waals surface area contributed by atoms with E-state index >= 15 is 0 Å². The van der Waals surface area contributed by atoms with Crippen molar-refractivity contribution in [3.63, 3.8) is 0 Å². The predicted octanol–water partition coefficient (Wildman–Crippen LogP) is 4.17. The Morgan fingerprint density at radius 1 is 1.33 bits per heavy atom. The largest absolute Gasteiger partial charge is 0.462 e. The number of hydrogen-bond donors (Lipinski definition) is 1. The molecule has 0 saturated heterocycles. The van der Waals surface area contributed by atoms with Gasteiger partial charge >= 0.3 is 5.97 Å². The van der Waals surface area contributed by atoms with E-state index in [1.165, 1.54) is 11.3 Å². The molecular formula is C18H24N2O2S2. The van der Waals surface area contributed by atoms with Gasteiger partial charge in [0.05, 0.1) is 12.2 Å². The first-order valence-corrected chi connectivity index (χ1v) is 9.44. The molecule has 0 spiro atoms. The molecule has 24 heavy (non-hydrogen) atoms. The Morgan fingerprint density at radius 3 is 2.62 bits per heavy atom. The molecule has 0 fully saturated rings. The number of carbonyl (C=O) groups is 1. The Kier molecular flexibility index (Phi) is 6.99. The topological polar surface area (TPSA) is 41.6 Å². The van der Waals surface area contributed by atoms with Crippen LogP contribution in [-0.4, -0.2) is 35.7 Å². The highest BCUT2D eigenvalue weighted by molar-refractivity contribution is 7.80. The van der Waals surface area contributed by atoms with Crippen molar-refractivity contribution in [2.45, 2.75) is 32.6 Å². The summed E-state index contributed by atoms with van der Waals surface area (Å²) in [7, 11) is 0. The summed E-state index contributed by atoms with van der Waals surface area (Å²) in [5.41, 5.74) is 1.80. The third kappa shape index (κ3) is 4.24. The number of hydrogen-bond acceptors (Lipinski definition) is 4. The Bertz CT molecular complexity index is 627. The highest BCUT2D eigenvalue weighted by Crippen LogP contribution is 2.38. The number of ether oxygens (including phenoxy) is 1. The molecular weight excluding hydrogens is 340 g/mol. The SMILES string of the molecule is C=CCN(CC=C)C(=S)Nc1sc2c(c1C(=O)OCC)CCCC2. The van der Waals surface area contributed by atoms with Gasteiger partial charge in [0.15, 0.2) is 5.11 Å². The lowest BCUT2D eigenvalue weighted by Gasteiger charge is -2.23. The van der Waals surface area contributed by atoms with Crippen LogP contribution in [0.4, 0.5) is 5.00 Å². The summed E-state index contributed by atoms with van der Waals surface area (Å²) < 4.78 is 5.27. The monoisotopic (exact) mass is 364 g/mol. The average Bonchev–Trinajstić information content (AvgIpc) is 2.92. The van der Waals surface area contributed by atoms with E-state index in [2.05, 4.69) is 18.5 Å². The fourth-order valence-electron chi connectivity index (χ4n) is 2.80. The lowest BCUT2D eigenvalue weighted by molar-refractivity contribution is 0.0526. The zero-order chi connectivity index (χ0) is 17.5. The molecule has 0 aliphatic heterocycles. The number of carbonyl (C=O) groups excluding carboxylic acids is 1. The maximum atomic E-state index is 12.5. The van der Waals surface area contributed by atoms with Gasteiger partial charge in [0.1, 0.15) is 5.00 Å². The van der Waals surface area contributed by atoms with Crippen LogP contribution >= 0.6 is 23.6 Å². The molecule has 0 unspecified atom stereocenters. The van der Waals surface area contributed by atoms with Crippen LogP contribution < -0.4 is 5.32 Å². The van der Waals surface area contributed by atoms with Crippen molar-refractivity contribution < 1.29 is 9.53 Å². The fourth-order valence-corrected chi connectivity index (χ4v) is 4.39. The maximum absolute atomic E-state index is 12.5. The first kappa shape index (κ1) is 18.7. The molecule has 1 aliphatic rings. The third-order valence-electron chi connectivity index (χ3n) is 3.86. The number of thiophene rings is 1. The van der Waals surface area contributed by atoms with E-state index in [9.17, 15) is 4.79 Å². The zero-order valence-electron chi connectivity index (χ0n) is 14.1. The molecule has 4 nitrogen and oxygen atoms in total. The lowest BCUT2D eigenvalue weighted by atomic mass is 9.95. The lowest BCUT2D eigenvalue weighted by Crippen LogP contribution is -2.35. The number of nitrogens with one attached hydrogen (secondary N) is 1. The fraction of sp³-hybridized carbons (Fsp3) is 0.444. The normalized spacial score (nSPS) is 12.9. The summed E-state index contributed by atoms with van der Waals surface area (Å²) in [6.07, 6.45) is 7.81. The van der Waals surface area contributed by atoms with Crippen molar-refractivity contribution in [1.29, 1.82) is 0 Å². The van der Waals surface area contributed by atoms with Crippen molar-refractivity contribution in [3.05, 3.63) is 41.3 Å². The van der Waals surface area contributed by atoms with Crippen molar-refractivity contribution in [3.8, 4) is 0 Å². The molecule has 1 N–H and O–H groups in total. The number of anilines is 1. The summed E-state index contributed by atoms with van der Waals surface area (Å²) in [5, 5.41) is 4.62. The van der Waals surface area contributed by atoms with Crippen molar-refractivity contribution in [2.75, 3.05) is 25.0 Å². The van der Waals surface area contributed by atoms with Gasteiger partial charge in [-0.2, -0.15) is 0 Å². The number of esters is 1. The molecule has 0 radical (unpaired) electrons. The van der Waals surface area contributed by atoms with Gasteiger partial charge in [0.25, 0.3) is 0 Å². The molecule has 130 valence electrons. The molecule has 6 heteroatoms. The predicted molar refractivity (Wildman–Crippen MR) is 105 cm³/mol. The smallest absolute Gasteiger partial charge is 0.341 e. The summed E-state index contributed by atoms with van der Waals surface area (Å²) in [6, 6.07) is 0. The van der Waals surface area contributed by atoms with Gasteiger partial charge in [0.2, 0.25) is 0 Å². The summed E-state index contributed by atoms with van der Waals surface area (Å²) in [5.74, 6) is -0.263. The van der Waals surface area contributed by atoms with Crippen LogP contribution in [0.2, 0.25) is 0 Å². The van der Waals surface area contributed by atoms with E-state index in [1.807, 2.05) is 11.8 Å². The standard InChI is InChI=1S/C18H24N2O2S2/c1-4-11-20(12-5-2)18(23)19-16-15(17(21)22-6-3)13-9-7-8-10-14(13)24-16/h4-5H,1-2,6-12H2,3H3,(H,19,23). The van der Waals surface area contributed by atoms with Crippen LogP contribution in [0.5, 0.6) is 0 Å². The van der Waals surface area contributed by atoms with E-state index in [1.54, 1.807) is 23.5 Å². The minimum atomic E-state index is -0.263. The Morgan fingerprint density at radius 2 is 2.00 bits per heavy atom. The average molecular weight is 365 g/mol. The minimum Gasteiger partial charge on any atom is -0.462 e. The second-order valence-electron chi connectivity index (χ2n) is 5.55. The van der Waals surface area contributed by atoms with Crippen LogP contribution in [0.25, 0.3) is 0 Å². The van der Waals surface area contributed by atoms with Gasteiger partial charge in [0, 0.05) is 18.0 Å². The summed E-state index contributed by atoms with van der Waals surface area (Å²) in [6.45, 7) is 11.0. The zero-order valence-corrected chi connectivity index (χ0v) is 15.7. The van der Waals surface area contributed by atoms with Crippen LogP contribution in [-0.2, 0) is 17.6 Å². The molecule has 0 bridgehead atoms. The van der Waals surface area contributed by atoms with Gasteiger partial charge in [-0.15, -0.1) is 24.5 Å². The molecule has 0 saturated carbocycles. The minimum absolute atomic E-state index is 0.263. The van der Waals surface area contributed by atoms with E-state index in [4.69, 9.17) is 17.0 Å². The first-order valence-electron chi connectivity index (χ1n) is 8.21. The Balaban J connectivity index is 2.29. The molecule has 2 rings (SSSR count). The number of aryl methyl sites for hydroxylation is 1. The Labute approximate surface area is 153 Å². The van der Waals surface area contributed by atoms with E-state index < -0.39 is 0 Å². The van der Waals surface area contributed by atoms with Crippen molar-refractivity contribution in [1.82, 2.24) is 4.90 Å². The van der Waals surface area contributed by atoms with Gasteiger partial charge in [-0.3, -0.25) is 0 Å². The van der Waals surface area contributed by atoms with Crippen molar-refractivity contribution >= 4 is 39.6 Å². The Hall–Kier alpha value is -1.66. The van der Waals surface area contributed by atoms with Crippen molar-refractivity contribution in [2.24, 2.45) is 0 Å². The van der Waals surface area contributed by atoms with E-state index in [0.717, 1.165) is 29.8 Å². The van der Waals surface area contributed by atoms with E-state index in [0.29, 0.717) is 30.4 Å². The quantitative estimate of drug-likeness (QED) is 0.447. The number of rotatable bonds is 7. The van der Waals surface area contributed by atoms with Crippen LogP contribution in [0.1, 0.15) is 40.6 Å². The van der Waals surface area contributed by atoms with Gasteiger partial charge in [-0.05, 0) is 50.4 Å². The second-order valence-corrected chi connectivity index (χ2v) is 7.04. The first-order chi connectivity index (χ1) is 11.6. The van der Waals surface area contributed by atoms with Crippen LogP contribution in [0, 0.1) is 0 Å². The van der Waals surface area contributed by atoms with Gasteiger partial charge in [-0.1, -0.05) is 12.2 Å². The number of thiocarbonyl (C=S) groups is 1. The molecule has 1 heterocycles. The number of nitrogens with zero attached hydrogens (tertiary/aromatic N) is 1. The summed E-state index contributed by atoms with van der Waals surface area (Å²) in [4.78, 5) is 15.7. The summed E-state index contributed by atoms with van der Waals surface area (Å²) >= 11 is 7.13. The molecule has 0 aromatic carbocycles. The second kappa shape index (κ2) is 8.99. The molecule has 1 aromatic heterocycles. The van der Waals surface area contributed by atoms with Gasteiger partial charge in [-0.25, -0.2) is 4.79 Å². The molecule has 0 amide bonds. The molecule has 1 aliphatic carbocycles. The molecule has 1 aromatic rings. The number of fused-ring (bicyclic) bond motifs is 1. The van der Waals surface area contributed by atoms with Crippen LogP contribution in [0.3, 0.4) is 0 Å². The third-order valence-corrected chi connectivity index (χ3v) is 5.43. The highest BCUT2D eigenvalue weighted by Gasteiger charge is 2.27. The van der Waals surface area contributed by atoms with E-state index in [-0.39, 0.29) is 5.97 Å². The van der Waals surface area contributed by atoms with Gasteiger partial charge < -0.3 is 15.0 Å².